The van der Waals surface area contributed by atoms with Gasteiger partial charge >= 0.3 is 12.1 Å². The Morgan fingerprint density at radius 2 is 1.66 bits per heavy atom. The maximum absolute atomic E-state index is 12.5. The lowest BCUT2D eigenvalue weighted by atomic mass is 9.83. The Morgan fingerprint density at radius 1 is 1.03 bits per heavy atom. The van der Waals surface area contributed by atoms with Crippen LogP contribution in [0.5, 0.6) is 5.75 Å². The van der Waals surface area contributed by atoms with E-state index in [1.807, 2.05) is 37.3 Å². The van der Waals surface area contributed by atoms with Gasteiger partial charge in [0.15, 0.2) is 0 Å². The maximum atomic E-state index is 12.5. The van der Waals surface area contributed by atoms with Gasteiger partial charge in [0.1, 0.15) is 29.6 Å². The number of ether oxygens (including phenoxy) is 3. The molecule has 29 heavy (non-hydrogen) atoms. The van der Waals surface area contributed by atoms with Crippen molar-refractivity contribution in [3.63, 3.8) is 0 Å². The van der Waals surface area contributed by atoms with Gasteiger partial charge in [-0.1, -0.05) is 37.5 Å². The van der Waals surface area contributed by atoms with E-state index in [0.717, 1.165) is 31.4 Å². The number of hydrogen-bond acceptors (Lipinski definition) is 5. The molecule has 0 aromatic heterocycles. The van der Waals surface area contributed by atoms with E-state index >= 15 is 0 Å². The number of amides is 1. The molecule has 0 radical (unpaired) electrons. The van der Waals surface area contributed by atoms with Crippen molar-refractivity contribution in [2.45, 2.75) is 90.6 Å². The van der Waals surface area contributed by atoms with Gasteiger partial charge in [-0.15, -0.1) is 0 Å². The summed E-state index contributed by atoms with van der Waals surface area (Å²) in [6, 6.07) is 8.81. The summed E-state index contributed by atoms with van der Waals surface area (Å²) in [7, 11) is 0. The number of alkyl carbamates (subject to hydrolysis) is 1. The van der Waals surface area contributed by atoms with Crippen LogP contribution in [-0.4, -0.2) is 35.9 Å². The van der Waals surface area contributed by atoms with Gasteiger partial charge in [-0.2, -0.15) is 0 Å². The quantitative estimate of drug-likeness (QED) is 0.656. The predicted octanol–water partition coefficient (Wildman–Crippen LogP) is 4.86. The molecule has 6 nitrogen and oxygen atoms in total. The van der Waals surface area contributed by atoms with E-state index in [9.17, 15) is 9.59 Å². The Bertz CT molecular complexity index is 649. The van der Waals surface area contributed by atoms with E-state index in [0.29, 0.717) is 5.92 Å². The monoisotopic (exact) mass is 405 g/mol. The average molecular weight is 406 g/mol. The fourth-order valence-electron chi connectivity index (χ4n) is 3.59. The molecule has 1 saturated carbocycles. The SMILES string of the molecule is C[C@H](NC(=O)OC(C)(C)C)C(=O)O[C@@H](C)[C@H](Oc1ccccc1)C1CCCCC1. The van der Waals surface area contributed by atoms with Crippen LogP contribution in [0.25, 0.3) is 0 Å². The van der Waals surface area contributed by atoms with Gasteiger partial charge in [0.05, 0.1) is 0 Å². The summed E-state index contributed by atoms with van der Waals surface area (Å²) in [4.78, 5) is 24.5. The molecule has 162 valence electrons. The van der Waals surface area contributed by atoms with E-state index in [-0.39, 0.29) is 6.10 Å². The Kier molecular flexibility index (Phi) is 8.35. The molecule has 0 aliphatic heterocycles. The largest absolute Gasteiger partial charge is 0.486 e. The standard InChI is InChI=1S/C23H35NO5/c1-16(24-22(26)29-23(3,4)5)21(25)27-17(2)20(18-12-8-6-9-13-18)28-19-14-10-7-11-15-19/h7,10-11,14-18,20H,6,8-9,12-13H2,1-5H3,(H,24,26)/t16-,17-,20-/m0/s1. The summed E-state index contributed by atoms with van der Waals surface area (Å²) in [6.45, 7) is 8.76. The first kappa shape index (κ1) is 23.0. The van der Waals surface area contributed by atoms with Crippen LogP contribution in [0.3, 0.4) is 0 Å². The zero-order valence-electron chi connectivity index (χ0n) is 18.3. The molecular weight excluding hydrogens is 370 g/mol. The first-order valence-corrected chi connectivity index (χ1v) is 10.6. The second kappa shape index (κ2) is 10.5. The van der Waals surface area contributed by atoms with Crippen LogP contribution in [0.15, 0.2) is 30.3 Å². The third kappa shape index (κ3) is 7.95. The second-order valence-corrected chi connectivity index (χ2v) is 8.80. The normalized spacial score (nSPS) is 18.2. The van der Waals surface area contributed by atoms with Gasteiger partial charge in [-0.05, 0) is 65.5 Å². The van der Waals surface area contributed by atoms with E-state index < -0.39 is 29.8 Å². The molecule has 0 unspecified atom stereocenters. The molecule has 0 saturated heterocycles. The fourth-order valence-corrected chi connectivity index (χ4v) is 3.59. The topological polar surface area (TPSA) is 73.9 Å². The first-order valence-electron chi connectivity index (χ1n) is 10.6. The molecule has 1 fully saturated rings. The summed E-state index contributed by atoms with van der Waals surface area (Å²) in [5.41, 5.74) is -0.628. The van der Waals surface area contributed by atoms with E-state index in [1.54, 1.807) is 27.7 Å². The lowest BCUT2D eigenvalue weighted by molar-refractivity contribution is -0.156. The summed E-state index contributed by atoms with van der Waals surface area (Å²) < 4.78 is 17.2. The van der Waals surface area contributed by atoms with Crippen LogP contribution in [0.1, 0.15) is 66.7 Å². The summed E-state index contributed by atoms with van der Waals surface area (Å²) in [5, 5.41) is 2.53. The molecule has 1 aromatic carbocycles. The van der Waals surface area contributed by atoms with Crippen LogP contribution >= 0.6 is 0 Å². The number of carbonyl (C=O) groups is 2. The third-order valence-corrected chi connectivity index (χ3v) is 4.98. The second-order valence-electron chi connectivity index (χ2n) is 8.80. The highest BCUT2D eigenvalue weighted by Gasteiger charge is 2.33. The van der Waals surface area contributed by atoms with E-state index in [1.165, 1.54) is 6.42 Å². The van der Waals surface area contributed by atoms with Crippen molar-refractivity contribution in [3.05, 3.63) is 30.3 Å². The van der Waals surface area contributed by atoms with Crippen molar-refractivity contribution in [1.82, 2.24) is 5.32 Å². The van der Waals surface area contributed by atoms with Crippen molar-refractivity contribution in [3.8, 4) is 5.75 Å². The molecule has 3 atom stereocenters. The molecule has 1 aliphatic rings. The van der Waals surface area contributed by atoms with Gasteiger partial charge in [0, 0.05) is 0 Å². The smallest absolute Gasteiger partial charge is 0.408 e. The van der Waals surface area contributed by atoms with Gasteiger partial charge < -0.3 is 19.5 Å². The van der Waals surface area contributed by atoms with Crippen molar-refractivity contribution < 1.29 is 23.8 Å². The van der Waals surface area contributed by atoms with Crippen LogP contribution < -0.4 is 10.1 Å². The molecule has 2 rings (SSSR count). The lowest BCUT2D eigenvalue weighted by Gasteiger charge is -2.34. The summed E-state index contributed by atoms with van der Waals surface area (Å²) >= 11 is 0. The average Bonchev–Trinajstić information content (AvgIpc) is 2.65. The van der Waals surface area contributed by atoms with Gasteiger partial charge in [-0.25, -0.2) is 9.59 Å². The number of nitrogens with one attached hydrogen (secondary N) is 1. The minimum absolute atomic E-state index is 0.227. The van der Waals surface area contributed by atoms with Gasteiger partial charge in [-0.3, -0.25) is 0 Å². The number of carbonyl (C=O) groups excluding carboxylic acids is 2. The molecule has 1 aromatic rings. The highest BCUT2D eigenvalue weighted by atomic mass is 16.6. The van der Waals surface area contributed by atoms with Crippen LogP contribution in [-0.2, 0) is 14.3 Å². The van der Waals surface area contributed by atoms with Crippen molar-refractivity contribution in [2.24, 2.45) is 5.92 Å². The third-order valence-electron chi connectivity index (χ3n) is 4.98. The van der Waals surface area contributed by atoms with Crippen LogP contribution in [0.4, 0.5) is 4.79 Å². The zero-order chi connectivity index (χ0) is 21.4. The summed E-state index contributed by atoms with van der Waals surface area (Å²) in [6.07, 6.45) is 4.38. The van der Waals surface area contributed by atoms with Gasteiger partial charge in [0.2, 0.25) is 0 Å². The summed E-state index contributed by atoms with van der Waals surface area (Å²) in [5.74, 6) is 0.604. The fraction of sp³-hybridized carbons (Fsp3) is 0.652. The molecule has 0 spiro atoms. The predicted molar refractivity (Wildman–Crippen MR) is 112 cm³/mol. The molecule has 1 amide bonds. The molecular formula is C23H35NO5. The van der Waals surface area contributed by atoms with E-state index in [2.05, 4.69) is 5.32 Å². The van der Waals surface area contributed by atoms with E-state index in [4.69, 9.17) is 14.2 Å². The minimum atomic E-state index is -0.809. The number of rotatable bonds is 7. The van der Waals surface area contributed by atoms with Crippen LogP contribution in [0.2, 0.25) is 0 Å². The van der Waals surface area contributed by atoms with Crippen molar-refractivity contribution in [1.29, 1.82) is 0 Å². The number of para-hydroxylation sites is 1. The highest BCUT2D eigenvalue weighted by Crippen LogP contribution is 2.31. The Morgan fingerprint density at radius 3 is 2.24 bits per heavy atom. The molecule has 1 aliphatic carbocycles. The Labute approximate surface area is 174 Å². The lowest BCUT2D eigenvalue weighted by Crippen LogP contribution is -2.46. The van der Waals surface area contributed by atoms with Crippen molar-refractivity contribution in [2.75, 3.05) is 0 Å². The Balaban J connectivity index is 1.99. The highest BCUT2D eigenvalue weighted by molar-refractivity contribution is 5.81. The molecule has 0 heterocycles. The Hall–Kier alpha value is -2.24. The minimum Gasteiger partial charge on any atom is -0.486 e. The first-order chi connectivity index (χ1) is 13.7. The maximum Gasteiger partial charge on any atom is 0.408 e. The van der Waals surface area contributed by atoms with Crippen LogP contribution in [0, 0.1) is 5.92 Å². The van der Waals surface area contributed by atoms with Gasteiger partial charge in [0.25, 0.3) is 0 Å². The molecule has 0 bridgehead atoms. The van der Waals surface area contributed by atoms with Crippen molar-refractivity contribution >= 4 is 12.1 Å². The molecule has 6 heteroatoms. The number of benzene rings is 1. The number of esters is 1. The molecule has 1 N–H and O–H groups in total. The number of hydrogen-bond donors (Lipinski definition) is 1. The zero-order valence-corrected chi connectivity index (χ0v) is 18.3.